The SMILES string of the molecule is CCCNc1cc(C)nc(N2CCCC2)n1. The molecule has 0 saturated carbocycles. The van der Waals surface area contributed by atoms with Crippen molar-refractivity contribution < 1.29 is 0 Å². The number of hydrogen-bond acceptors (Lipinski definition) is 4. The lowest BCUT2D eigenvalue weighted by molar-refractivity contribution is 0.883. The number of hydrogen-bond donors (Lipinski definition) is 1. The first-order valence-corrected chi connectivity index (χ1v) is 6.14. The Bertz CT molecular complexity index is 345. The van der Waals surface area contributed by atoms with Gasteiger partial charge >= 0.3 is 0 Å². The number of nitrogens with one attached hydrogen (secondary N) is 1. The molecule has 0 bridgehead atoms. The van der Waals surface area contributed by atoms with Gasteiger partial charge in [-0.1, -0.05) is 6.92 Å². The standard InChI is InChI=1S/C12H20N4/c1-3-6-13-11-9-10(2)14-12(15-11)16-7-4-5-8-16/h9H,3-8H2,1-2H3,(H,13,14,15). The van der Waals surface area contributed by atoms with E-state index in [0.29, 0.717) is 0 Å². The summed E-state index contributed by atoms with van der Waals surface area (Å²) >= 11 is 0. The Balaban J connectivity index is 2.14. The van der Waals surface area contributed by atoms with Gasteiger partial charge in [0.05, 0.1) is 0 Å². The largest absolute Gasteiger partial charge is 0.370 e. The summed E-state index contributed by atoms with van der Waals surface area (Å²) in [6.45, 7) is 7.34. The summed E-state index contributed by atoms with van der Waals surface area (Å²) in [6, 6.07) is 2.01. The maximum absolute atomic E-state index is 4.56. The zero-order valence-electron chi connectivity index (χ0n) is 10.2. The lowest BCUT2D eigenvalue weighted by Gasteiger charge is -2.16. The van der Waals surface area contributed by atoms with Crippen LogP contribution in [0.1, 0.15) is 31.9 Å². The summed E-state index contributed by atoms with van der Waals surface area (Å²) < 4.78 is 0. The van der Waals surface area contributed by atoms with E-state index in [4.69, 9.17) is 0 Å². The van der Waals surface area contributed by atoms with Gasteiger partial charge in [0.15, 0.2) is 0 Å². The quantitative estimate of drug-likeness (QED) is 0.844. The van der Waals surface area contributed by atoms with Gasteiger partial charge < -0.3 is 10.2 Å². The van der Waals surface area contributed by atoms with E-state index in [0.717, 1.165) is 43.5 Å². The molecule has 0 radical (unpaired) electrons. The summed E-state index contributed by atoms with van der Waals surface area (Å²) in [6.07, 6.45) is 3.63. The summed E-state index contributed by atoms with van der Waals surface area (Å²) in [5.41, 5.74) is 1.04. The van der Waals surface area contributed by atoms with Crippen molar-refractivity contribution in [2.45, 2.75) is 33.1 Å². The molecule has 0 aromatic carbocycles. The molecule has 4 heteroatoms. The average Bonchev–Trinajstić information content (AvgIpc) is 2.79. The molecule has 1 aromatic heterocycles. The van der Waals surface area contributed by atoms with Gasteiger partial charge in [-0.05, 0) is 26.2 Å². The van der Waals surface area contributed by atoms with Crippen LogP contribution in [0.25, 0.3) is 0 Å². The summed E-state index contributed by atoms with van der Waals surface area (Å²) in [7, 11) is 0. The van der Waals surface area contributed by atoms with Crippen LogP contribution in [-0.4, -0.2) is 29.6 Å². The van der Waals surface area contributed by atoms with E-state index in [1.807, 2.05) is 13.0 Å². The van der Waals surface area contributed by atoms with Gasteiger partial charge in [-0.3, -0.25) is 0 Å². The molecule has 88 valence electrons. The van der Waals surface area contributed by atoms with Crippen LogP contribution in [-0.2, 0) is 0 Å². The fourth-order valence-electron chi connectivity index (χ4n) is 1.96. The summed E-state index contributed by atoms with van der Waals surface area (Å²) in [5, 5.41) is 3.32. The van der Waals surface area contributed by atoms with Crippen molar-refractivity contribution >= 4 is 11.8 Å². The molecule has 1 saturated heterocycles. The normalized spacial score (nSPS) is 15.5. The molecule has 0 spiro atoms. The Morgan fingerprint density at radius 3 is 2.75 bits per heavy atom. The fraction of sp³-hybridized carbons (Fsp3) is 0.667. The van der Waals surface area contributed by atoms with Crippen LogP contribution in [0.2, 0.25) is 0 Å². The molecule has 4 nitrogen and oxygen atoms in total. The van der Waals surface area contributed by atoms with Gasteiger partial charge in [0.25, 0.3) is 0 Å². The second-order valence-corrected chi connectivity index (χ2v) is 4.32. The molecule has 16 heavy (non-hydrogen) atoms. The first-order valence-electron chi connectivity index (χ1n) is 6.14. The highest BCUT2D eigenvalue weighted by Crippen LogP contribution is 2.18. The van der Waals surface area contributed by atoms with Crippen molar-refractivity contribution in [1.29, 1.82) is 0 Å². The second kappa shape index (κ2) is 5.14. The highest BCUT2D eigenvalue weighted by atomic mass is 15.3. The molecular formula is C12H20N4. The molecule has 1 aromatic rings. The van der Waals surface area contributed by atoms with Crippen LogP contribution in [0, 0.1) is 6.92 Å². The van der Waals surface area contributed by atoms with E-state index in [9.17, 15) is 0 Å². The van der Waals surface area contributed by atoms with Crippen molar-refractivity contribution in [2.75, 3.05) is 29.9 Å². The van der Waals surface area contributed by atoms with Gasteiger partial charge in [0.2, 0.25) is 5.95 Å². The number of nitrogens with zero attached hydrogens (tertiary/aromatic N) is 3. The summed E-state index contributed by atoms with van der Waals surface area (Å²) in [5.74, 6) is 1.84. The molecule has 2 rings (SSSR count). The third-order valence-electron chi connectivity index (χ3n) is 2.79. The van der Waals surface area contributed by atoms with Gasteiger partial charge in [0.1, 0.15) is 5.82 Å². The number of aromatic nitrogens is 2. The van der Waals surface area contributed by atoms with Crippen molar-refractivity contribution in [2.24, 2.45) is 0 Å². The molecule has 0 amide bonds. The van der Waals surface area contributed by atoms with E-state index in [2.05, 4.69) is 27.1 Å². The molecular weight excluding hydrogens is 200 g/mol. The first-order chi connectivity index (χ1) is 7.79. The van der Waals surface area contributed by atoms with Gasteiger partial charge in [-0.2, -0.15) is 4.98 Å². The molecule has 0 atom stereocenters. The highest BCUT2D eigenvalue weighted by molar-refractivity contribution is 5.44. The zero-order valence-corrected chi connectivity index (χ0v) is 10.2. The Morgan fingerprint density at radius 1 is 1.31 bits per heavy atom. The van der Waals surface area contributed by atoms with Crippen LogP contribution in [0.15, 0.2) is 6.07 Å². The topological polar surface area (TPSA) is 41.1 Å². The van der Waals surface area contributed by atoms with E-state index >= 15 is 0 Å². The minimum atomic E-state index is 0.885. The van der Waals surface area contributed by atoms with E-state index < -0.39 is 0 Å². The van der Waals surface area contributed by atoms with E-state index in [-0.39, 0.29) is 0 Å². The van der Waals surface area contributed by atoms with E-state index in [1.165, 1.54) is 12.8 Å². The average molecular weight is 220 g/mol. The minimum absolute atomic E-state index is 0.885. The molecule has 0 aliphatic carbocycles. The lowest BCUT2D eigenvalue weighted by atomic mass is 10.4. The Labute approximate surface area is 97.1 Å². The number of rotatable bonds is 4. The smallest absolute Gasteiger partial charge is 0.227 e. The van der Waals surface area contributed by atoms with Crippen molar-refractivity contribution in [3.63, 3.8) is 0 Å². The van der Waals surface area contributed by atoms with Gasteiger partial charge in [-0.25, -0.2) is 4.98 Å². The monoisotopic (exact) mass is 220 g/mol. The van der Waals surface area contributed by atoms with Crippen molar-refractivity contribution in [3.05, 3.63) is 11.8 Å². The maximum Gasteiger partial charge on any atom is 0.227 e. The molecule has 1 N–H and O–H groups in total. The predicted molar refractivity (Wildman–Crippen MR) is 67.0 cm³/mol. The fourth-order valence-corrected chi connectivity index (χ4v) is 1.96. The van der Waals surface area contributed by atoms with Crippen LogP contribution >= 0.6 is 0 Å². The molecule has 1 aliphatic heterocycles. The molecule has 2 heterocycles. The summed E-state index contributed by atoms with van der Waals surface area (Å²) in [4.78, 5) is 11.3. The van der Waals surface area contributed by atoms with Crippen LogP contribution in [0.5, 0.6) is 0 Å². The van der Waals surface area contributed by atoms with Gasteiger partial charge in [0, 0.05) is 31.4 Å². The molecule has 0 unspecified atom stereocenters. The van der Waals surface area contributed by atoms with Crippen LogP contribution < -0.4 is 10.2 Å². The third kappa shape index (κ3) is 2.62. The van der Waals surface area contributed by atoms with Crippen molar-refractivity contribution in [3.8, 4) is 0 Å². The molecule has 1 aliphatic rings. The van der Waals surface area contributed by atoms with Gasteiger partial charge in [-0.15, -0.1) is 0 Å². The Hall–Kier alpha value is -1.32. The number of aryl methyl sites for hydroxylation is 1. The maximum atomic E-state index is 4.56. The Kier molecular flexibility index (Phi) is 3.59. The lowest BCUT2D eigenvalue weighted by Crippen LogP contribution is -2.21. The number of anilines is 2. The second-order valence-electron chi connectivity index (χ2n) is 4.32. The van der Waals surface area contributed by atoms with E-state index in [1.54, 1.807) is 0 Å². The van der Waals surface area contributed by atoms with Crippen LogP contribution in [0.3, 0.4) is 0 Å². The predicted octanol–water partition coefficient (Wildman–Crippen LogP) is 2.21. The zero-order chi connectivity index (χ0) is 11.4. The van der Waals surface area contributed by atoms with Crippen molar-refractivity contribution in [1.82, 2.24) is 9.97 Å². The highest BCUT2D eigenvalue weighted by Gasteiger charge is 2.15. The Morgan fingerprint density at radius 2 is 2.06 bits per heavy atom. The third-order valence-corrected chi connectivity index (χ3v) is 2.79. The minimum Gasteiger partial charge on any atom is -0.370 e. The van der Waals surface area contributed by atoms with Crippen LogP contribution in [0.4, 0.5) is 11.8 Å². The first kappa shape index (κ1) is 11.2. The molecule has 1 fully saturated rings.